The second kappa shape index (κ2) is 7.95. The molecule has 0 radical (unpaired) electrons. The van der Waals surface area contributed by atoms with Crippen molar-refractivity contribution in [1.29, 1.82) is 0 Å². The summed E-state index contributed by atoms with van der Waals surface area (Å²) in [4.78, 5) is 14.7. The number of rotatable bonds is 4. The molecule has 0 bridgehead atoms. The van der Waals surface area contributed by atoms with E-state index in [0.717, 1.165) is 0 Å². The molecule has 2 aromatic heterocycles. The van der Waals surface area contributed by atoms with Crippen LogP contribution >= 0.6 is 0 Å². The van der Waals surface area contributed by atoms with Gasteiger partial charge in [0.15, 0.2) is 5.96 Å². The molecular weight excluding hydrogens is 360 g/mol. The van der Waals surface area contributed by atoms with Gasteiger partial charge in [0.05, 0.1) is 42.6 Å². The minimum atomic E-state index is -0.934. The number of aromatic nitrogens is 4. The highest BCUT2D eigenvalue weighted by molar-refractivity contribution is 5.85. The monoisotopic (exact) mass is 386 g/mol. The number of nitrogens with two attached hydrogens (primary N) is 2. The molecule has 1 saturated heterocycles. The molecule has 1 aliphatic heterocycles. The van der Waals surface area contributed by atoms with Gasteiger partial charge in [-0.05, 0) is 13.8 Å². The molecule has 0 aromatic carbocycles. The molecule has 3 heterocycles. The van der Waals surface area contributed by atoms with E-state index in [1.54, 1.807) is 37.1 Å². The highest BCUT2D eigenvalue weighted by Gasteiger charge is 2.17. The summed E-state index contributed by atoms with van der Waals surface area (Å²) in [6.07, 6.45) is 4.82. The van der Waals surface area contributed by atoms with Gasteiger partial charge in [-0.2, -0.15) is 5.10 Å². The van der Waals surface area contributed by atoms with Crippen LogP contribution in [0.1, 0.15) is 19.4 Å². The Hall–Kier alpha value is -2.98. The number of hydrogen-bond acceptors (Lipinski definition) is 7. The van der Waals surface area contributed by atoms with E-state index < -0.39 is 5.60 Å². The van der Waals surface area contributed by atoms with Crippen LogP contribution in [0.2, 0.25) is 0 Å². The van der Waals surface area contributed by atoms with Crippen molar-refractivity contribution >= 4 is 24.2 Å². The fourth-order valence-electron chi connectivity index (χ4n) is 2.83. The summed E-state index contributed by atoms with van der Waals surface area (Å²) in [5.41, 5.74) is 12.1. The fourth-order valence-corrected chi connectivity index (χ4v) is 2.83. The minimum absolute atomic E-state index is 0.167. The normalized spacial score (nSPS) is 17.0. The second-order valence-electron chi connectivity index (χ2n) is 7.22. The lowest BCUT2D eigenvalue weighted by Gasteiger charge is -2.27. The first kappa shape index (κ1) is 19.8. The molecule has 28 heavy (non-hydrogen) atoms. The molecule has 150 valence electrons. The summed E-state index contributed by atoms with van der Waals surface area (Å²) in [6, 6.07) is 0. The van der Waals surface area contributed by atoms with E-state index >= 15 is 0 Å². The molecule has 3 rings (SSSR count). The highest BCUT2D eigenvalue weighted by atomic mass is 16.5. The summed E-state index contributed by atoms with van der Waals surface area (Å²) >= 11 is 0. The van der Waals surface area contributed by atoms with Crippen LogP contribution in [0.15, 0.2) is 23.6 Å². The van der Waals surface area contributed by atoms with Crippen LogP contribution in [0.25, 0.3) is 12.3 Å². The van der Waals surface area contributed by atoms with Crippen molar-refractivity contribution in [2.45, 2.75) is 26.0 Å². The first-order valence-electron chi connectivity index (χ1n) is 8.97. The van der Waals surface area contributed by atoms with Crippen molar-refractivity contribution in [2.75, 3.05) is 32.0 Å². The molecule has 0 aliphatic carbocycles. The standard InChI is InChI=1S/C18H26N8O2/c1-12-14(10-23-26(12)11-18(2,3)27)15(13-8-21-16(19)22-9-13)24-17(20)25-4-6-28-7-5-25/h8-10,27H,1,4-7,11H2,2-3H3,(H2,20,24)(H2,19,21,22)/b15-14-. The maximum Gasteiger partial charge on any atom is 0.219 e. The number of anilines is 1. The van der Waals surface area contributed by atoms with E-state index in [1.807, 2.05) is 4.90 Å². The number of aliphatic hydroxyl groups is 1. The Morgan fingerprint density at radius 3 is 2.54 bits per heavy atom. The molecule has 2 aromatic rings. The van der Waals surface area contributed by atoms with Crippen LogP contribution in [0.4, 0.5) is 5.95 Å². The number of guanidine groups is 1. The Kier molecular flexibility index (Phi) is 5.61. The zero-order valence-electron chi connectivity index (χ0n) is 16.2. The van der Waals surface area contributed by atoms with Gasteiger partial charge in [0.2, 0.25) is 5.95 Å². The molecule has 10 nitrogen and oxygen atoms in total. The summed E-state index contributed by atoms with van der Waals surface area (Å²) < 4.78 is 7.00. The van der Waals surface area contributed by atoms with Crippen molar-refractivity contribution in [1.82, 2.24) is 24.6 Å². The van der Waals surface area contributed by atoms with Gasteiger partial charge >= 0.3 is 0 Å². The largest absolute Gasteiger partial charge is 0.389 e. The lowest BCUT2D eigenvalue weighted by molar-refractivity contribution is 0.0568. The third kappa shape index (κ3) is 4.65. The molecule has 0 spiro atoms. The lowest BCUT2D eigenvalue weighted by Crippen LogP contribution is -2.45. The van der Waals surface area contributed by atoms with Gasteiger partial charge in [-0.3, -0.25) is 4.68 Å². The van der Waals surface area contributed by atoms with Crippen molar-refractivity contribution in [3.8, 4) is 0 Å². The van der Waals surface area contributed by atoms with E-state index in [2.05, 4.69) is 26.6 Å². The molecule has 1 fully saturated rings. The van der Waals surface area contributed by atoms with Gasteiger partial charge in [-0.1, -0.05) is 6.58 Å². The Labute approximate surface area is 162 Å². The summed E-state index contributed by atoms with van der Waals surface area (Å²) in [5.74, 6) is 0.533. The lowest BCUT2D eigenvalue weighted by atomic mass is 10.1. The van der Waals surface area contributed by atoms with Crippen LogP contribution in [-0.2, 0) is 11.3 Å². The van der Waals surface area contributed by atoms with Crippen molar-refractivity contribution in [3.05, 3.63) is 34.7 Å². The fraction of sp³-hybridized carbons (Fsp3) is 0.444. The molecule has 0 unspecified atom stereocenters. The predicted octanol–water partition coefficient (Wildman–Crippen LogP) is -1.76. The molecule has 1 aliphatic rings. The van der Waals surface area contributed by atoms with Gasteiger partial charge in [0.25, 0.3) is 0 Å². The maximum atomic E-state index is 10.1. The van der Waals surface area contributed by atoms with E-state index in [1.165, 1.54) is 0 Å². The quantitative estimate of drug-likeness (QED) is 0.415. The Morgan fingerprint density at radius 2 is 1.93 bits per heavy atom. The van der Waals surface area contributed by atoms with Crippen molar-refractivity contribution in [3.63, 3.8) is 0 Å². The van der Waals surface area contributed by atoms with E-state index in [0.29, 0.717) is 60.6 Å². The van der Waals surface area contributed by atoms with E-state index in [-0.39, 0.29) is 5.95 Å². The number of ether oxygens (including phenoxy) is 1. The molecular formula is C18H26N8O2. The van der Waals surface area contributed by atoms with Crippen LogP contribution in [0, 0.1) is 0 Å². The van der Waals surface area contributed by atoms with Crippen LogP contribution in [0.5, 0.6) is 0 Å². The first-order chi connectivity index (χ1) is 13.2. The third-order valence-electron chi connectivity index (χ3n) is 4.25. The number of morpholine rings is 1. The van der Waals surface area contributed by atoms with Crippen molar-refractivity contribution < 1.29 is 9.84 Å². The van der Waals surface area contributed by atoms with Gasteiger partial charge in [0.1, 0.15) is 0 Å². The SMILES string of the molecule is C=c1/c(=C(\N=C(N)N2CCOCC2)c2cnc(N)nc2)cnn1CC(C)(C)O. The Bertz CT molecular complexity index is 953. The molecule has 10 heteroatoms. The zero-order valence-corrected chi connectivity index (χ0v) is 16.2. The average molecular weight is 386 g/mol. The topological polar surface area (TPSA) is 141 Å². The third-order valence-corrected chi connectivity index (χ3v) is 4.25. The Balaban J connectivity index is 2.13. The first-order valence-corrected chi connectivity index (χ1v) is 8.97. The predicted molar refractivity (Wildman–Crippen MR) is 106 cm³/mol. The molecule has 0 atom stereocenters. The van der Waals surface area contributed by atoms with Crippen LogP contribution < -0.4 is 22.0 Å². The summed E-state index contributed by atoms with van der Waals surface area (Å²) in [6.45, 7) is 10.3. The highest BCUT2D eigenvalue weighted by Crippen LogP contribution is 2.12. The maximum absolute atomic E-state index is 10.1. The number of nitrogen functional groups attached to an aromatic ring is 1. The summed E-state index contributed by atoms with van der Waals surface area (Å²) in [5, 5.41) is 15.7. The smallest absolute Gasteiger partial charge is 0.219 e. The van der Waals surface area contributed by atoms with Crippen LogP contribution in [0.3, 0.4) is 0 Å². The molecule has 0 amide bonds. The zero-order chi connectivity index (χ0) is 20.3. The van der Waals surface area contributed by atoms with E-state index in [9.17, 15) is 5.11 Å². The number of nitrogens with zero attached hydrogens (tertiary/aromatic N) is 6. The van der Waals surface area contributed by atoms with E-state index in [4.69, 9.17) is 16.2 Å². The van der Waals surface area contributed by atoms with Gasteiger partial charge in [-0.15, -0.1) is 0 Å². The summed E-state index contributed by atoms with van der Waals surface area (Å²) in [7, 11) is 0. The number of aliphatic imine (C=N–C) groups is 1. The van der Waals surface area contributed by atoms with Gasteiger partial charge < -0.3 is 26.2 Å². The second-order valence-corrected chi connectivity index (χ2v) is 7.22. The minimum Gasteiger partial charge on any atom is -0.389 e. The van der Waals surface area contributed by atoms with Gasteiger partial charge in [0, 0.05) is 36.3 Å². The van der Waals surface area contributed by atoms with Crippen LogP contribution in [-0.4, -0.2) is 67.6 Å². The average Bonchev–Trinajstić information content (AvgIpc) is 3.00. The number of hydrogen-bond donors (Lipinski definition) is 3. The van der Waals surface area contributed by atoms with Gasteiger partial charge in [-0.25, -0.2) is 15.0 Å². The molecule has 5 N–H and O–H groups in total. The van der Waals surface area contributed by atoms with Crippen molar-refractivity contribution in [2.24, 2.45) is 10.7 Å². The molecule has 0 saturated carbocycles. The Morgan fingerprint density at radius 1 is 1.29 bits per heavy atom.